The van der Waals surface area contributed by atoms with Gasteiger partial charge in [-0.25, -0.2) is 9.48 Å². The van der Waals surface area contributed by atoms with E-state index in [9.17, 15) is 19.2 Å². The Morgan fingerprint density at radius 3 is 1.98 bits per heavy atom. The van der Waals surface area contributed by atoms with Crippen LogP contribution in [0.4, 0.5) is 5.69 Å². The molecule has 222 valence electrons. The second kappa shape index (κ2) is 13.5. The first kappa shape index (κ1) is 32.6. The fraction of sp³-hybridized carbons (Fsp3) is 0.107. The van der Waals surface area contributed by atoms with Gasteiger partial charge in [0.15, 0.2) is 11.5 Å². The number of esters is 1. The normalized spacial score (nSPS) is 14.4. The molecule has 3 aromatic rings. The highest BCUT2D eigenvalue weighted by molar-refractivity contribution is 6.55. The molecule has 9 nitrogen and oxygen atoms in total. The van der Waals surface area contributed by atoms with Crippen molar-refractivity contribution in [2.45, 2.75) is 13.8 Å². The van der Waals surface area contributed by atoms with Crippen molar-refractivity contribution in [1.82, 2.24) is 9.78 Å². The van der Waals surface area contributed by atoms with Crippen LogP contribution >= 0.6 is 69.6 Å². The second-order valence-corrected chi connectivity index (χ2v) is 11.1. The number of aromatic nitrogens is 2. The van der Waals surface area contributed by atoms with E-state index >= 15 is 0 Å². The molecule has 0 saturated carbocycles. The van der Waals surface area contributed by atoms with Gasteiger partial charge in [-0.1, -0.05) is 87.8 Å². The fourth-order valence-corrected chi connectivity index (χ4v) is 5.91. The smallest absolute Gasteiger partial charge is 0.357 e. The standard InChI is InChI=1S/C28H18Cl6N4O5/c1-3-43-28(42)23-17(27(41)38(36-23)25-20(33)11-15(30)12-21(25)34)8-6-4-5-7-16-22(13(2)39)35-37(26(16)40)24-18(31)9-14(29)10-19(24)32/h4-12,36H,3H2,1-2H3/b5-4+,8-6+,16-7-. The lowest BCUT2D eigenvalue weighted by Gasteiger charge is -2.15. The van der Waals surface area contributed by atoms with E-state index in [1.54, 1.807) is 6.92 Å². The summed E-state index contributed by atoms with van der Waals surface area (Å²) in [7, 11) is 0. The fourth-order valence-electron chi connectivity index (χ4n) is 3.95. The highest BCUT2D eigenvalue weighted by atomic mass is 35.5. The zero-order valence-electron chi connectivity index (χ0n) is 22.1. The molecule has 0 atom stereocenters. The van der Waals surface area contributed by atoms with Crippen LogP contribution in [0.25, 0.3) is 11.8 Å². The summed E-state index contributed by atoms with van der Waals surface area (Å²) in [5.74, 6) is -1.91. The molecule has 1 N–H and O–H groups in total. The third-order valence-electron chi connectivity index (χ3n) is 5.76. The Kier molecular flexibility index (Phi) is 10.3. The summed E-state index contributed by atoms with van der Waals surface area (Å²) >= 11 is 37.0. The average molecular weight is 703 g/mol. The number of carbonyl (C=O) groups is 3. The van der Waals surface area contributed by atoms with Crippen molar-refractivity contribution in [2.75, 3.05) is 11.6 Å². The summed E-state index contributed by atoms with van der Waals surface area (Å²) in [6.07, 6.45) is 7.06. The number of anilines is 1. The molecule has 1 aliphatic heterocycles. The van der Waals surface area contributed by atoms with E-state index in [1.165, 1.54) is 61.6 Å². The topological polar surface area (TPSA) is 114 Å². The van der Waals surface area contributed by atoms with Crippen LogP contribution in [0.2, 0.25) is 30.1 Å². The third kappa shape index (κ3) is 6.77. The van der Waals surface area contributed by atoms with Gasteiger partial charge in [-0.15, -0.1) is 0 Å². The zero-order chi connectivity index (χ0) is 31.6. The number of rotatable bonds is 8. The van der Waals surface area contributed by atoms with E-state index in [2.05, 4.69) is 10.2 Å². The summed E-state index contributed by atoms with van der Waals surface area (Å²) in [5, 5.41) is 8.51. The highest BCUT2D eigenvalue weighted by Gasteiger charge is 2.35. The Labute approximate surface area is 274 Å². The highest BCUT2D eigenvalue weighted by Crippen LogP contribution is 2.39. The van der Waals surface area contributed by atoms with Crippen molar-refractivity contribution >= 4 is 105 Å². The number of allylic oxidation sites excluding steroid dienone is 4. The predicted octanol–water partition coefficient (Wildman–Crippen LogP) is 7.75. The molecule has 0 aliphatic carbocycles. The molecule has 1 aromatic heterocycles. The SMILES string of the molecule is CCOC(=O)c1[nH]n(-c2c(Cl)cc(Cl)cc2Cl)c(=O)c1/C=C/C=C/C=C1\C(=O)N(c2c(Cl)cc(Cl)cc2Cl)N=C1C(C)=O. The first-order valence-corrected chi connectivity index (χ1v) is 14.4. The predicted molar refractivity (Wildman–Crippen MR) is 171 cm³/mol. The molecule has 1 aliphatic rings. The number of nitrogens with one attached hydrogen (secondary N) is 1. The van der Waals surface area contributed by atoms with Crippen LogP contribution < -0.4 is 10.6 Å². The lowest BCUT2D eigenvalue weighted by Crippen LogP contribution is -2.22. The van der Waals surface area contributed by atoms with E-state index in [4.69, 9.17) is 74.3 Å². The summed E-state index contributed by atoms with van der Waals surface area (Å²) in [6, 6.07) is 5.57. The maximum Gasteiger partial charge on any atom is 0.357 e. The molecule has 15 heteroatoms. The summed E-state index contributed by atoms with van der Waals surface area (Å²) in [4.78, 5) is 51.4. The lowest BCUT2D eigenvalue weighted by atomic mass is 10.1. The maximum absolute atomic E-state index is 13.3. The van der Waals surface area contributed by atoms with Gasteiger partial charge < -0.3 is 4.74 Å². The molecule has 0 radical (unpaired) electrons. The quantitative estimate of drug-likeness (QED) is 0.147. The molecule has 2 heterocycles. The zero-order valence-corrected chi connectivity index (χ0v) is 26.6. The summed E-state index contributed by atoms with van der Waals surface area (Å²) in [5.41, 5.74) is -0.843. The van der Waals surface area contributed by atoms with Crippen molar-refractivity contribution in [3.05, 3.63) is 106 Å². The van der Waals surface area contributed by atoms with Crippen molar-refractivity contribution in [3.8, 4) is 5.69 Å². The Morgan fingerprint density at radius 2 is 1.44 bits per heavy atom. The van der Waals surface area contributed by atoms with Crippen molar-refractivity contribution in [1.29, 1.82) is 0 Å². The number of aromatic amines is 1. The number of ether oxygens (including phenoxy) is 1. The van der Waals surface area contributed by atoms with E-state index in [0.717, 1.165) is 9.69 Å². The van der Waals surface area contributed by atoms with Gasteiger partial charge in [0.25, 0.3) is 11.5 Å². The number of Topliss-reactive ketones (excluding diaryl/α,β-unsaturated/α-hetero) is 1. The number of benzene rings is 2. The monoisotopic (exact) mass is 700 g/mol. The molecular weight excluding hydrogens is 685 g/mol. The van der Waals surface area contributed by atoms with Crippen LogP contribution in [0.1, 0.15) is 29.9 Å². The number of H-pyrrole nitrogens is 1. The van der Waals surface area contributed by atoms with Gasteiger partial charge in [0.05, 0.1) is 37.8 Å². The van der Waals surface area contributed by atoms with Gasteiger partial charge in [-0.05, 0) is 43.3 Å². The minimum atomic E-state index is -0.788. The number of hydrazone groups is 1. The number of halogens is 6. The number of hydrogen-bond donors (Lipinski definition) is 1. The second-order valence-electron chi connectivity index (χ2n) is 8.64. The third-order valence-corrected chi connectivity index (χ3v) is 7.35. The van der Waals surface area contributed by atoms with Crippen molar-refractivity contribution in [2.24, 2.45) is 5.10 Å². The van der Waals surface area contributed by atoms with Crippen molar-refractivity contribution < 1.29 is 19.1 Å². The van der Waals surface area contributed by atoms with Gasteiger partial charge in [0, 0.05) is 17.0 Å². The Bertz CT molecular complexity index is 1810. The molecule has 0 saturated heterocycles. The van der Waals surface area contributed by atoms with Crippen LogP contribution in [-0.4, -0.2) is 39.8 Å². The van der Waals surface area contributed by atoms with Crippen LogP contribution in [0.5, 0.6) is 0 Å². The molecule has 0 bridgehead atoms. The minimum absolute atomic E-state index is 0.0255. The van der Waals surface area contributed by atoms with Crippen LogP contribution in [0, 0.1) is 0 Å². The Hall–Kier alpha value is -3.31. The number of hydrogen-bond acceptors (Lipinski definition) is 6. The molecule has 0 spiro atoms. The molecule has 2 aromatic carbocycles. The van der Waals surface area contributed by atoms with Gasteiger partial charge >= 0.3 is 5.97 Å². The number of carbonyl (C=O) groups excluding carboxylic acids is 3. The van der Waals surface area contributed by atoms with Crippen LogP contribution in [0.3, 0.4) is 0 Å². The molecule has 0 fully saturated rings. The van der Waals surface area contributed by atoms with E-state index in [-0.39, 0.29) is 70.7 Å². The van der Waals surface area contributed by atoms with Gasteiger partial charge in [0.2, 0.25) is 0 Å². The van der Waals surface area contributed by atoms with Crippen LogP contribution in [0.15, 0.2) is 64.0 Å². The number of ketones is 1. The summed E-state index contributed by atoms with van der Waals surface area (Å²) in [6.45, 7) is 2.93. The Balaban J connectivity index is 1.68. The number of amides is 1. The maximum atomic E-state index is 13.3. The molecule has 43 heavy (non-hydrogen) atoms. The van der Waals surface area contributed by atoms with Gasteiger partial charge in [0.1, 0.15) is 17.1 Å². The van der Waals surface area contributed by atoms with E-state index < -0.39 is 23.2 Å². The first-order chi connectivity index (χ1) is 20.3. The average Bonchev–Trinajstić information content (AvgIpc) is 3.40. The Morgan fingerprint density at radius 1 is 0.884 bits per heavy atom. The van der Waals surface area contributed by atoms with E-state index in [0.29, 0.717) is 0 Å². The van der Waals surface area contributed by atoms with Gasteiger partial charge in [-0.3, -0.25) is 19.5 Å². The van der Waals surface area contributed by atoms with Crippen LogP contribution in [-0.2, 0) is 14.3 Å². The lowest BCUT2D eigenvalue weighted by molar-refractivity contribution is -0.115. The molecule has 4 rings (SSSR count). The minimum Gasteiger partial charge on any atom is -0.461 e. The largest absolute Gasteiger partial charge is 0.461 e. The molecule has 1 amide bonds. The summed E-state index contributed by atoms with van der Waals surface area (Å²) < 4.78 is 6.09. The van der Waals surface area contributed by atoms with E-state index in [1.807, 2.05) is 0 Å². The molecule has 0 unspecified atom stereocenters. The van der Waals surface area contributed by atoms with Gasteiger partial charge in [-0.2, -0.15) is 10.1 Å². The molecular formula is C28H18Cl6N4O5. The first-order valence-electron chi connectivity index (χ1n) is 12.2. The number of nitrogens with zero attached hydrogens (tertiary/aromatic N) is 3. The van der Waals surface area contributed by atoms with Crippen molar-refractivity contribution in [3.63, 3.8) is 0 Å².